The fourth-order valence-electron chi connectivity index (χ4n) is 1.79. The van der Waals surface area contributed by atoms with E-state index >= 15 is 0 Å². The molecule has 102 valence electrons. The van der Waals surface area contributed by atoms with Crippen molar-refractivity contribution in [3.05, 3.63) is 52.1 Å². The molecule has 2 heterocycles. The predicted molar refractivity (Wildman–Crippen MR) is 83.5 cm³/mol. The molecule has 2 aromatic heterocycles. The summed E-state index contributed by atoms with van der Waals surface area (Å²) in [6.07, 6.45) is 3.33. The van der Waals surface area contributed by atoms with Crippen LogP contribution in [0.2, 0.25) is 5.02 Å². The van der Waals surface area contributed by atoms with E-state index in [0.29, 0.717) is 0 Å². The van der Waals surface area contributed by atoms with Gasteiger partial charge in [0.15, 0.2) is 4.96 Å². The lowest BCUT2D eigenvalue weighted by atomic mass is 10.2. The van der Waals surface area contributed by atoms with Crippen molar-refractivity contribution in [1.29, 1.82) is 0 Å². The normalized spacial score (nSPS) is 11.7. The van der Waals surface area contributed by atoms with Gasteiger partial charge in [-0.2, -0.15) is 0 Å². The molecule has 1 N–H and O–H groups in total. The van der Waals surface area contributed by atoms with Gasteiger partial charge in [0.05, 0.1) is 6.21 Å². The Morgan fingerprint density at radius 2 is 2.20 bits per heavy atom. The summed E-state index contributed by atoms with van der Waals surface area (Å²) in [6.45, 7) is 0. The van der Waals surface area contributed by atoms with Gasteiger partial charge in [0.1, 0.15) is 10.7 Å². The minimum absolute atomic E-state index is 0.731. The second-order valence-electron chi connectivity index (χ2n) is 4.02. The lowest BCUT2D eigenvalue weighted by Gasteiger charge is -2.00. The SMILES string of the molecule is O/N=C\c1c(SCc2ccc(Cl)cc2)nc2sccn12. The van der Waals surface area contributed by atoms with Crippen LogP contribution in [0.15, 0.2) is 46.0 Å². The average Bonchev–Trinajstić information content (AvgIpc) is 3.01. The number of rotatable bonds is 4. The standard InChI is InChI=1S/C13H10ClN3OS2/c14-10-3-1-9(2-4-10)8-20-12-11(7-15-18)17-5-6-19-13(17)16-12/h1-7,18H,8H2/b15-7-. The van der Waals surface area contributed by atoms with Crippen molar-refractivity contribution in [2.45, 2.75) is 10.8 Å². The van der Waals surface area contributed by atoms with Gasteiger partial charge in [-0.25, -0.2) is 4.98 Å². The van der Waals surface area contributed by atoms with E-state index in [4.69, 9.17) is 16.8 Å². The van der Waals surface area contributed by atoms with E-state index in [1.807, 2.05) is 40.2 Å². The van der Waals surface area contributed by atoms with Crippen LogP contribution in [0.5, 0.6) is 0 Å². The third-order valence-corrected chi connectivity index (χ3v) is 4.79. The molecule has 3 aromatic rings. The maximum atomic E-state index is 8.78. The van der Waals surface area contributed by atoms with Gasteiger partial charge in [-0.05, 0) is 17.7 Å². The van der Waals surface area contributed by atoms with E-state index in [1.54, 1.807) is 23.1 Å². The third-order valence-electron chi connectivity index (χ3n) is 2.73. The number of oxime groups is 1. The van der Waals surface area contributed by atoms with Crippen LogP contribution in [-0.4, -0.2) is 20.8 Å². The minimum atomic E-state index is 0.731. The molecule has 0 amide bonds. The van der Waals surface area contributed by atoms with Gasteiger partial charge in [0.25, 0.3) is 0 Å². The second-order valence-corrected chi connectivity index (χ2v) is 6.29. The molecule has 0 unspecified atom stereocenters. The highest BCUT2D eigenvalue weighted by molar-refractivity contribution is 7.98. The van der Waals surface area contributed by atoms with Crippen LogP contribution in [0.1, 0.15) is 11.3 Å². The van der Waals surface area contributed by atoms with Gasteiger partial charge in [-0.15, -0.1) is 11.3 Å². The number of thiazole rings is 1. The topological polar surface area (TPSA) is 49.9 Å². The Morgan fingerprint density at radius 3 is 2.95 bits per heavy atom. The zero-order valence-corrected chi connectivity index (χ0v) is 12.6. The molecule has 0 aliphatic rings. The first-order valence-corrected chi connectivity index (χ1v) is 8.02. The van der Waals surface area contributed by atoms with Crippen molar-refractivity contribution in [1.82, 2.24) is 9.38 Å². The number of halogens is 1. The summed E-state index contributed by atoms with van der Waals surface area (Å²) in [4.78, 5) is 5.43. The summed E-state index contributed by atoms with van der Waals surface area (Å²) in [6, 6.07) is 7.74. The summed E-state index contributed by atoms with van der Waals surface area (Å²) >= 11 is 9.02. The van der Waals surface area contributed by atoms with E-state index < -0.39 is 0 Å². The van der Waals surface area contributed by atoms with Gasteiger partial charge in [0.2, 0.25) is 0 Å². The fourth-order valence-corrected chi connectivity index (χ4v) is 3.64. The maximum Gasteiger partial charge on any atom is 0.195 e. The number of nitrogens with zero attached hydrogens (tertiary/aromatic N) is 3. The molecule has 0 aliphatic heterocycles. The van der Waals surface area contributed by atoms with Gasteiger partial charge in [-0.3, -0.25) is 4.40 Å². The molecular formula is C13H10ClN3OS2. The molecule has 0 fully saturated rings. The summed E-state index contributed by atoms with van der Waals surface area (Å²) in [5.74, 6) is 0.786. The van der Waals surface area contributed by atoms with Crippen molar-refractivity contribution >= 4 is 45.9 Å². The molecule has 0 radical (unpaired) electrons. The van der Waals surface area contributed by atoms with Crippen LogP contribution in [0.3, 0.4) is 0 Å². The van der Waals surface area contributed by atoms with Crippen molar-refractivity contribution in [2.24, 2.45) is 5.16 Å². The minimum Gasteiger partial charge on any atom is -0.411 e. The molecule has 0 bridgehead atoms. The van der Waals surface area contributed by atoms with Crippen LogP contribution < -0.4 is 0 Å². The van der Waals surface area contributed by atoms with Crippen LogP contribution in [0.4, 0.5) is 0 Å². The molecule has 0 aliphatic carbocycles. The van der Waals surface area contributed by atoms with Crippen LogP contribution in [0, 0.1) is 0 Å². The van der Waals surface area contributed by atoms with Crippen molar-refractivity contribution in [3.63, 3.8) is 0 Å². The molecule has 7 heteroatoms. The first kappa shape index (κ1) is 13.5. The largest absolute Gasteiger partial charge is 0.411 e. The molecule has 3 rings (SSSR count). The fraction of sp³-hybridized carbons (Fsp3) is 0.0769. The first-order valence-electron chi connectivity index (χ1n) is 5.78. The van der Waals surface area contributed by atoms with Crippen molar-refractivity contribution in [2.75, 3.05) is 0 Å². The monoisotopic (exact) mass is 323 g/mol. The number of aromatic nitrogens is 2. The molecule has 0 atom stereocenters. The van der Waals surface area contributed by atoms with Crippen LogP contribution in [-0.2, 0) is 5.75 Å². The van der Waals surface area contributed by atoms with Gasteiger partial charge in [0, 0.05) is 22.4 Å². The van der Waals surface area contributed by atoms with Crippen LogP contribution >= 0.6 is 34.7 Å². The molecule has 1 aromatic carbocycles. The number of hydrogen-bond acceptors (Lipinski definition) is 5. The highest BCUT2D eigenvalue weighted by Gasteiger charge is 2.12. The highest BCUT2D eigenvalue weighted by Crippen LogP contribution is 2.28. The Hall–Kier alpha value is -1.50. The van der Waals surface area contributed by atoms with E-state index in [-0.39, 0.29) is 0 Å². The first-order chi connectivity index (χ1) is 9.78. The molecule has 0 spiro atoms. The predicted octanol–water partition coefficient (Wildman–Crippen LogP) is 4.15. The van der Waals surface area contributed by atoms with Crippen molar-refractivity contribution in [3.8, 4) is 0 Å². The quantitative estimate of drug-likeness (QED) is 0.339. The Morgan fingerprint density at radius 1 is 1.40 bits per heavy atom. The Kier molecular flexibility index (Phi) is 3.95. The smallest absolute Gasteiger partial charge is 0.195 e. The zero-order valence-electron chi connectivity index (χ0n) is 10.2. The van der Waals surface area contributed by atoms with E-state index in [2.05, 4.69) is 10.1 Å². The number of imidazole rings is 1. The molecular weight excluding hydrogens is 314 g/mol. The van der Waals surface area contributed by atoms with Gasteiger partial charge in [-0.1, -0.05) is 40.7 Å². The number of fused-ring (bicyclic) bond motifs is 1. The lowest BCUT2D eigenvalue weighted by Crippen LogP contribution is -1.90. The number of hydrogen-bond donors (Lipinski definition) is 1. The van der Waals surface area contributed by atoms with E-state index in [9.17, 15) is 0 Å². The van der Waals surface area contributed by atoms with E-state index in [1.165, 1.54) is 11.8 Å². The maximum absolute atomic E-state index is 8.78. The molecule has 20 heavy (non-hydrogen) atoms. The second kappa shape index (κ2) is 5.87. The van der Waals surface area contributed by atoms with E-state index in [0.717, 1.165) is 26.5 Å². The molecule has 0 saturated heterocycles. The Balaban J connectivity index is 1.84. The molecule has 4 nitrogen and oxygen atoms in total. The van der Waals surface area contributed by atoms with Gasteiger partial charge < -0.3 is 5.21 Å². The average molecular weight is 324 g/mol. The Labute approximate surface area is 128 Å². The highest BCUT2D eigenvalue weighted by atomic mass is 35.5. The van der Waals surface area contributed by atoms with Crippen molar-refractivity contribution < 1.29 is 5.21 Å². The van der Waals surface area contributed by atoms with Crippen LogP contribution in [0.25, 0.3) is 4.96 Å². The lowest BCUT2D eigenvalue weighted by molar-refractivity contribution is 0.321. The Bertz CT molecular complexity index is 749. The number of thioether (sulfide) groups is 1. The third kappa shape index (κ3) is 2.67. The summed E-state index contributed by atoms with van der Waals surface area (Å²) in [5, 5.41) is 15.4. The zero-order chi connectivity index (χ0) is 13.9. The summed E-state index contributed by atoms with van der Waals surface area (Å²) in [7, 11) is 0. The number of benzene rings is 1. The summed E-state index contributed by atoms with van der Waals surface area (Å²) in [5.41, 5.74) is 1.96. The summed E-state index contributed by atoms with van der Waals surface area (Å²) < 4.78 is 1.91. The molecule has 0 saturated carbocycles. The van der Waals surface area contributed by atoms with Gasteiger partial charge >= 0.3 is 0 Å².